The van der Waals surface area contributed by atoms with E-state index in [2.05, 4.69) is 15.6 Å². The molecule has 7 nitrogen and oxygen atoms in total. The summed E-state index contributed by atoms with van der Waals surface area (Å²) in [4.78, 5) is 41.4. The highest BCUT2D eigenvalue weighted by Gasteiger charge is 2.17. The normalized spacial score (nSPS) is 11.1. The summed E-state index contributed by atoms with van der Waals surface area (Å²) in [6.07, 6.45) is 1.44. The minimum atomic E-state index is -0.635. The number of ether oxygens (including phenoxy) is 1. The van der Waals surface area contributed by atoms with Gasteiger partial charge in [0.05, 0.1) is 25.5 Å². The maximum atomic E-state index is 12.7. The van der Waals surface area contributed by atoms with Gasteiger partial charge in [-0.15, -0.1) is 0 Å². The number of carbonyl (C=O) groups excluding carboxylic acids is 3. The van der Waals surface area contributed by atoms with E-state index in [1.54, 1.807) is 0 Å². The molecule has 2 N–H and O–H groups in total. The Morgan fingerprint density at radius 3 is 2.29 bits per heavy atom. The molecule has 0 radical (unpaired) electrons. The number of allylic oxidation sites excluding steroid dienone is 1. The quantitative estimate of drug-likeness (QED) is 0.359. The Kier molecular flexibility index (Phi) is 6.79. The first-order chi connectivity index (χ1) is 14.9. The third kappa shape index (κ3) is 5.15. The number of anilines is 1. The van der Waals surface area contributed by atoms with Crippen LogP contribution < -0.4 is 10.8 Å². The highest BCUT2D eigenvalue weighted by molar-refractivity contribution is 6.09. The summed E-state index contributed by atoms with van der Waals surface area (Å²) in [7, 11) is 2.55. The van der Waals surface area contributed by atoms with E-state index in [0.29, 0.717) is 0 Å². The van der Waals surface area contributed by atoms with Crippen LogP contribution in [0.4, 0.5) is 5.69 Å². The van der Waals surface area contributed by atoms with Crippen molar-refractivity contribution >= 4 is 39.8 Å². The van der Waals surface area contributed by atoms with Gasteiger partial charge in [-0.3, -0.25) is 14.4 Å². The van der Waals surface area contributed by atoms with Gasteiger partial charge in [0.15, 0.2) is 0 Å². The highest BCUT2D eigenvalue weighted by atomic mass is 16.6. The summed E-state index contributed by atoms with van der Waals surface area (Å²) in [5.74, 6) is -1.60. The SMILES string of the molecule is CONC(=O)c1ccc(C(=O)OC)c(NC(=O)C=C(C)c2ccc3ccccc3c2)c1. The number of hydroxylamine groups is 1. The lowest BCUT2D eigenvalue weighted by Crippen LogP contribution is -2.22. The summed E-state index contributed by atoms with van der Waals surface area (Å²) in [5.41, 5.74) is 4.33. The number of amides is 2. The van der Waals surface area contributed by atoms with E-state index in [-0.39, 0.29) is 16.8 Å². The van der Waals surface area contributed by atoms with Crippen molar-refractivity contribution in [1.82, 2.24) is 5.48 Å². The molecule has 0 saturated carbocycles. The van der Waals surface area contributed by atoms with Gasteiger partial charge in [-0.2, -0.15) is 0 Å². The van der Waals surface area contributed by atoms with Crippen molar-refractivity contribution in [1.29, 1.82) is 0 Å². The van der Waals surface area contributed by atoms with E-state index in [1.807, 2.05) is 49.4 Å². The third-order valence-corrected chi connectivity index (χ3v) is 4.69. The zero-order valence-corrected chi connectivity index (χ0v) is 17.4. The molecule has 0 heterocycles. The topological polar surface area (TPSA) is 93.7 Å². The number of hydrogen-bond acceptors (Lipinski definition) is 5. The molecule has 0 aliphatic heterocycles. The lowest BCUT2D eigenvalue weighted by molar-refractivity contribution is -0.111. The third-order valence-electron chi connectivity index (χ3n) is 4.69. The Bertz CT molecular complexity index is 1180. The molecule has 0 unspecified atom stereocenters. The standard InChI is InChI=1S/C24H22N2O5/c1-15(17-9-8-16-6-4-5-7-18(16)13-17)12-22(27)25-21-14-19(23(28)26-31-3)10-11-20(21)24(29)30-2/h4-14H,1-3H3,(H,25,27)(H,26,28). The Morgan fingerprint density at radius 2 is 1.58 bits per heavy atom. The number of nitrogens with one attached hydrogen (secondary N) is 2. The van der Waals surface area contributed by atoms with Gasteiger partial charge < -0.3 is 10.1 Å². The number of fused-ring (bicyclic) bond motifs is 1. The molecule has 3 rings (SSSR count). The number of rotatable bonds is 6. The lowest BCUT2D eigenvalue weighted by Gasteiger charge is -2.11. The van der Waals surface area contributed by atoms with Crippen LogP contribution in [0.3, 0.4) is 0 Å². The van der Waals surface area contributed by atoms with Gasteiger partial charge in [-0.1, -0.05) is 36.4 Å². The van der Waals surface area contributed by atoms with Crippen molar-refractivity contribution in [3.63, 3.8) is 0 Å². The average molecular weight is 418 g/mol. The van der Waals surface area contributed by atoms with Crippen molar-refractivity contribution in [3.05, 3.63) is 83.4 Å². The van der Waals surface area contributed by atoms with E-state index in [9.17, 15) is 14.4 Å². The molecule has 3 aromatic carbocycles. The van der Waals surface area contributed by atoms with Gasteiger partial charge >= 0.3 is 5.97 Å². The maximum Gasteiger partial charge on any atom is 0.339 e. The van der Waals surface area contributed by atoms with Crippen LogP contribution in [-0.2, 0) is 14.4 Å². The fourth-order valence-corrected chi connectivity index (χ4v) is 3.11. The zero-order valence-electron chi connectivity index (χ0n) is 17.4. The first-order valence-electron chi connectivity index (χ1n) is 9.47. The van der Waals surface area contributed by atoms with Gasteiger partial charge in [-0.05, 0) is 53.1 Å². The molecule has 0 bridgehead atoms. The molecule has 0 aromatic heterocycles. The fraction of sp³-hybridized carbons (Fsp3) is 0.125. The summed E-state index contributed by atoms with van der Waals surface area (Å²) in [6.45, 7) is 1.83. The van der Waals surface area contributed by atoms with E-state index in [0.717, 1.165) is 21.9 Å². The molecule has 0 spiro atoms. The molecule has 7 heteroatoms. The fourth-order valence-electron chi connectivity index (χ4n) is 3.11. The Hall–Kier alpha value is -3.97. The molecule has 0 aliphatic carbocycles. The number of hydrogen-bond donors (Lipinski definition) is 2. The van der Waals surface area contributed by atoms with E-state index < -0.39 is 17.8 Å². The summed E-state index contributed by atoms with van der Waals surface area (Å²) in [5, 5.41) is 4.84. The van der Waals surface area contributed by atoms with Crippen molar-refractivity contribution < 1.29 is 24.0 Å². The van der Waals surface area contributed by atoms with Crippen LogP contribution in [0, 0.1) is 0 Å². The molecule has 158 valence electrons. The predicted molar refractivity (Wildman–Crippen MR) is 118 cm³/mol. The second kappa shape index (κ2) is 9.69. The summed E-state index contributed by atoms with van der Waals surface area (Å²) in [6, 6.07) is 18.1. The monoisotopic (exact) mass is 418 g/mol. The minimum Gasteiger partial charge on any atom is -0.465 e. The molecule has 0 fully saturated rings. The minimum absolute atomic E-state index is 0.126. The molecule has 0 saturated heterocycles. The average Bonchev–Trinajstić information content (AvgIpc) is 2.78. The van der Waals surface area contributed by atoms with Crippen molar-refractivity contribution in [3.8, 4) is 0 Å². The van der Waals surface area contributed by atoms with Crippen LogP contribution in [0.5, 0.6) is 0 Å². The highest BCUT2D eigenvalue weighted by Crippen LogP contribution is 2.22. The first kappa shape index (κ1) is 21.7. The largest absolute Gasteiger partial charge is 0.465 e. The number of methoxy groups -OCH3 is 1. The number of carbonyl (C=O) groups is 3. The zero-order chi connectivity index (χ0) is 22.4. The van der Waals surface area contributed by atoms with Crippen molar-refractivity contribution in [2.45, 2.75) is 6.92 Å². The molecule has 0 aliphatic rings. The second-order valence-corrected chi connectivity index (χ2v) is 6.77. The number of benzene rings is 3. The van der Waals surface area contributed by atoms with Gasteiger partial charge in [-0.25, -0.2) is 10.3 Å². The van der Waals surface area contributed by atoms with E-state index in [4.69, 9.17) is 4.74 Å². The molecule has 3 aromatic rings. The van der Waals surface area contributed by atoms with E-state index >= 15 is 0 Å². The predicted octanol–water partition coefficient (Wildman–Crippen LogP) is 3.96. The van der Waals surface area contributed by atoms with Crippen LogP contribution in [0.25, 0.3) is 16.3 Å². The van der Waals surface area contributed by atoms with Crippen molar-refractivity contribution in [2.75, 3.05) is 19.5 Å². The maximum absolute atomic E-state index is 12.7. The van der Waals surface area contributed by atoms with Crippen LogP contribution in [0.15, 0.2) is 66.7 Å². The Balaban J connectivity index is 1.88. The van der Waals surface area contributed by atoms with E-state index in [1.165, 1.54) is 38.5 Å². The summed E-state index contributed by atoms with van der Waals surface area (Å²) < 4.78 is 4.77. The first-order valence-corrected chi connectivity index (χ1v) is 9.47. The van der Waals surface area contributed by atoms with Crippen LogP contribution in [0.1, 0.15) is 33.2 Å². The van der Waals surface area contributed by atoms with Crippen LogP contribution >= 0.6 is 0 Å². The van der Waals surface area contributed by atoms with Gasteiger partial charge in [0, 0.05) is 11.6 Å². The Morgan fingerprint density at radius 1 is 0.871 bits per heavy atom. The number of esters is 1. The van der Waals surface area contributed by atoms with Crippen LogP contribution in [0.2, 0.25) is 0 Å². The van der Waals surface area contributed by atoms with Gasteiger partial charge in [0.1, 0.15) is 0 Å². The molecular formula is C24H22N2O5. The van der Waals surface area contributed by atoms with Gasteiger partial charge in [0.25, 0.3) is 5.91 Å². The Labute approximate surface area is 179 Å². The molecular weight excluding hydrogens is 396 g/mol. The molecule has 2 amide bonds. The molecule has 0 atom stereocenters. The van der Waals surface area contributed by atoms with Crippen molar-refractivity contribution in [2.24, 2.45) is 0 Å². The smallest absolute Gasteiger partial charge is 0.339 e. The molecule has 31 heavy (non-hydrogen) atoms. The lowest BCUT2D eigenvalue weighted by atomic mass is 10.0. The van der Waals surface area contributed by atoms with Gasteiger partial charge in [0.2, 0.25) is 5.91 Å². The van der Waals surface area contributed by atoms with Crippen LogP contribution in [-0.4, -0.2) is 32.0 Å². The summed E-state index contributed by atoms with van der Waals surface area (Å²) >= 11 is 0. The second-order valence-electron chi connectivity index (χ2n) is 6.77.